The van der Waals surface area contributed by atoms with Crippen molar-refractivity contribution in [2.24, 2.45) is 0 Å². The van der Waals surface area contributed by atoms with Gasteiger partial charge in [-0.15, -0.1) is 0 Å². The summed E-state index contributed by atoms with van der Waals surface area (Å²) >= 11 is 0. The van der Waals surface area contributed by atoms with Gasteiger partial charge < -0.3 is 14.6 Å². The first-order valence-corrected chi connectivity index (χ1v) is 8.72. The van der Waals surface area contributed by atoms with Crippen LogP contribution in [0.4, 0.5) is 5.69 Å². The minimum Gasteiger partial charge on any atom is -0.381 e. The van der Waals surface area contributed by atoms with Gasteiger partial charge in [0, 0.05) is 48.8 Å². The summed E-state index contributed by atoms with van der Waals surface area (Å²) in [5.74, 6) is 0.500. The van der Waals surface area contributed by atoms with E-state index in [1.807, 2.05) is 12.1 Å². The van der Waals surface area contributed by atoms with Gasteiger partial charge in [0.2, 0.25) is 5.91 Å². The Balaban J connectivity index is 1.53. The lowest BCUT2D eigenvalue weighted by molar-refractivity contribution is -0.114. The molecule has 1 atom stereocenters. The van der Waals surface area contributed by atoms with Crippen LogP contribution in [-0.4, -0.2) is 23.7 Å². The molecule has 4 rings (SSSR count). The van der Waals surface area contributed by atoms with Crippen LogP contribution in [-0.2, 0) is 16.1 Å². The van der Waals surface area contributed by atoms with E-state index in [1.54, 1.807) is 0 Å². The summed E-state index contributed by atoms with van der Waals surface area (Å²) in [7, 11) is 0. The van der Waals surface area contributed by atoms with Crippen molar-refractivity contribution < 1.29 is 9.53 Å². The Morgan fingerprint density at radius 2 is 2.04 bits per heavy atom. The molecule has 1 aromatic heterocycles. The maximum absolute atomic E-state index is 11.2. The Kier molecular flexibility index (Phi) is 4.28. The number of nitrogens with zero attached hydrogens (tertiary/aromatic N) is 1. The first kappa shape index (κ1) is 15.9. The zero-order chi connectivity index (χ0) is 17.2. The minimum absolute atomic E-state index is 0.0495. The van der Waals surface area contributed by atoms with Crippen molar-refractivity contribution in [1.82, 2.24) is 4.57 Å². The standard InChI is InChI=1S/C21H22N2O2/c1-15(24)22-20-6-7-21-18(12-20)8-10-23(21)13-16-2-4-17(5-3-16)19-9-11-25-14-19/h2-8,10,12,19H,9,11,13-14H2,1H3,(H,22,24). The van der Waals surface area contributed by atoms with Crippen molar-refractivity contribution in [2.45, 2.75) is 25.8 Å². The van der Waals surface area contributed by atoms with Gasteiger partial charge in [0.25, 0.3) is 0 Å². The molecule has 3 aromatic rings. The SMILES string of the molecule is CC(=O)Nc1ccc2c(ccn2Cc2ccc(C3CCOC3)cc2)c1. The second kappa shape index (κ2) is 6.73. The van der Waals surface area contributed by atoms with Gasteiger partial charge in [-0.05, 0) is 41.8 Å². The van der Waals surface area contributed by atoms with Crippen LogP contribution in [0.15, 0.2) is 54.7 Å². The molecule has 1 fully saturated rings. The molecular formula is C21H22N2O2. The molecule has 128 valence electrons. The molecule has 25 heavy (non-hydrogen) atoms. The van der Waals surface area contributed by atoms with E-state index >= 15 is 0 Å². The maximum atomic E-state index is 11.2. The third kappa shape index (κ3) is 3.44. The molecule has 0 bridgehead atoms. The van der Waals surface area contributed by atoms with Gasteiger partial charge in [0.1, 0.15) is 0 Å². The van der Waals surface area contributed by atoms with Crippen molar-refractivity contribution >= 4 is 22.5 Å². The van der Waals surface area contributed by atoms with Crippen LogP contribution in [0.2, 0.25) is 0 Å². The summed E-state index contributed by atoms with van der Waals surface area (Å²) in [6, 6.07) is 17.0. The fraction of sp³-hybridized carbons (Fsp3) is 0.286. The number of nitrogens with one attached hydrogen (secondary N) is 1. The second-order valence-corrected chi connectivity index (χ2v) is 6.70. The Labute approximate surface area is 147 Å². The quantitative estimate of drug-likeness (QED) is 0.779. The number of amides is 1. The summed E-state index contributed by atoms with van der Waals surface area (Å²) in [5.41, 5.74) is 4.66. The number of ether oxygens (including phenoxy) is 1. The van der Waals surface area contributed by atoms with Crippen LogP contribution in [0.25, 0.3) is 10.9 Å². The predicted octanol–water partition coefficient (Wildman–Crippen LogP) is 4.15. The Morgan fingerprint density at radius 3 is 2.76 bits per heavy atom. The molecule has 0 spiro atoms. The fourth-order valence-electron chi connectivity index (χ4n) is 3.51. The number of carbonyl (C=O) groups excluding carboxylic acids is 1. The Hall–Kier alpha value is -2.59. The van der Waals surface area contributed by atoms with Crippen LogP contribution in [0.5, 0.6) is 0 Å². The lowest BCUT2D eigenvalue weighted by atomic mass is 9.97. The highest BCUT2D eigenvalue weighted by molar-refractivity contribution is 5.92. The minimum atomic E-state index is -0.0495. The van der Waals surface area contributed by atoms with E-state index in [1.165, 1.54) is 23.6 Å². The van der Waals surface area contributed by atoms with Crippen molar-refractivity contribution in [1.29, 1.82) is 0 Å². The molecule has 1 saturated heterocycles. The van der Waals surface area contributed by atoms with Gasteiger partial charge in [0.05, 0.1) is 6.61 Å². The fourth-order valence-corrected chi connectivity index (χ4v) is 3.51. The van der Waals surface area contributed by atoms with Gasteiger partial charge in [0.15, 0.2) is 0 Å². The van der Waals surface area contributed by atoms with E-state index in [0.717, 1.165) is 37.3 Å². The molecule has 2 aromatic carbocycles. The van der Waals surface area contributed by atoms with Crippen molar-refractivity contribution in [3.05, 3.63) is 65.9 Å². The normalized spacial score (nSPS) is 17.1. The molecule has 1 N–H and O–H groups in total. The number of rotatable bonds is 4. The lowest BCUT2D eigenvalue weighted by Gasteiger charge is -2.10. The summed E-state index contributed by atoms with van der Waals surface area (Å²) in [4.78, 5) is 11.2. The number of benzene rings is 2. The summed E-state index contributed by atoms with van der Waals surface area (Å²) < 4.78 is 7.72. The van der Waals surface area contributed by atoms with Crippen LogP contribution in [0, 0.1) is 0 Å². The Bertz CT molecular complexity index is 890. The molecule has 1 aliphatic rings. The van der Waals surface area contributed by atoms with Crippen molar-refractivity contribution in [3.8, 4) is 0 Å². The topological polar surface area (TPSA) is 43.3 Å². The molecule has 2 heterocycles. The zero-order valence-corrected chi connectivity index (χ0v) is 14.4. The molecule has 4 nitrogen and oxygen atoms in total. The smallest absolute Gasteiger partial charge is 0.221 e. The van der Waals surface area contributed by atoms with E-state index in [0.29, 0.717) is 5.92 Å². The van der Waals surface area contributed by atoms with E-state index in [2.05, 4.69) is 52.5 Å². The summed E-state index contributed by atoms with van der Waals surface area (Å²) in [6.45, 7) is 4.08. The largest absolute Gasteiger partial charge is 0.381 e. The second-order valence-electron chi connectivity index (χ2n) is 6.70. The predicted molar refractivity (Wildman–Crippen MR) is 100.0 cm³/mol. The number of fused-ring (bicyclic) bond motifs is 1. The van der Waals surface area contributed by atoms with E-state index in [4.69, 9.17) is 4.74 Å². The summed E-state index contributed by atoms with van der Waals surface area (Å²) in [6.07, 6.45) is 3.22. The molecule has 1 aliphatic heterocycles. The average molecular weight is 334 g/mol. The van der Waals surface area contributed by atoms with Gasteiger partial charge in [-0.2, -0.15) is 0 Å². The van der Waals surface area contributed by atoms with Crippen molar-refractivity contribution in [2.75, 3.05) is 18.5 Å². The molecule has 1 unspecified atom stereocenters. The maximum Gasteiger partial charge on any atom is 0.221 e. The van der Waals surface area contributed by atoms with E-state index < -0.39 is 0 Å². The van der Waals surface area contributed by atoms with Crippen LogP contribution >= 0.6 is 0 Å². The number of carbonyl (C=O) groups is 1. The van der Waals surface area contributed by atoms with Crippen LogP contribution < -0.4 is 5.32 Å². The molecule has 4 heteroatoms. The molecule has 1 amide bonds. The third-order valence-electron chi connectivity index (χ3n) is 4.83. The Morgan fingerprint density at radius 1 is 1.20 bits per heavy atom. The first-order valence-electron chi connectivity index (χ1n) is 8.72. The molecule has 0 saturated carbocycles. The van der Waals surface area contributed by atoms with E-state index in [-0.39, 0.29) is 5.91 Å². The number of anilines is 1. The van der Waals surface area contributed by atoms with Gasteiger partial charge in [-0.25, -0.2) is 0 Å². The van der Waals surface area contributed by atoms with Gasteiger partial charge in [-0.3, -0.25) is 4.79 Å². The molecular weight excluding hydrogens is 312 g/mol. The first-order chi connectivity index (χ1) is 12.2. The number of aromatic nitrogens is 1. The van der Waals surface area contributed by atoms with Gasteiger partial charge >= 0.3 is 0 Å². The number of hydrogen-bond donors (Lipinski definition) is 1. The monoisotopic (exact) mass is 334 g/mol. The highest BCUT2D eigenvalue weighted by Gasteiger charge is 2.17. The highest BCUT2D eigenvalue weighted by atomic mass is 16.5. The molecule has 0 aliphatic carbocycles. The number of hydrogen-bond acceptors (Lipinski definition) is 2. The van der Waals surface area contributed by atoms with E-state index in [9.17, 15) is 4.79 Å². The van der Waals surface area contributed by atoms with Crippen LogP contribution in [0.3, 0.4) is 0 Å². The summed E-state index contributed by atoms with van der Waals surface area (Å²) in [5, 5.41) is 3.96. The van der Waals surface area contributed by atoms with Gasteiger partial charge in [-0.1, -0.05) is 24.3 Å². The third-order valence-corrected chi connectivity index (χ3v) is 4.83. The average Bonchev–Trinajstić information content (AvgIpc) is 3.25. The zero-order valence-electron chi connectivity index (χ0n) is 14.4. The highest BCUT2D eigenvalue weighted by Crippen LogP contribution is 2.26. The van der Waals surface area contributed by atoms with Crippen molar-refractivity contribution in [3.63, 3.8) is 0 Å². The lowest BCUT2D eigenvalue weighted by Crippen LogP contribution is -2.05. The molecule has 0 radical (unpaired) electrons. The van der Waals surface area contributed by atoms with Crippen LogP contribution in [0.1, 0.15) is 30.4 Å².